The molecule has 0 bridgehead atoms. The number of hydrogen-bond acceptors (Lipinski definition) is 9. The van der Waals surface area contributed by atoms with Gasteiger partial charge in [0.15, 0.2) is 6.23 Å². The molecule has 1 heterocycles. The number of hydrogen-bond donors (Lipinski definition) is 4. The van der Waals surface area contributed by atoms with Crippen molar-refractivity contribution in [3.05, 3.63) is 11.1 Å². The molecule has 0 unspecified atom stereocenters. The minimum Gasteiger partial charge on any atom is -0.462 e. The van der Waals surface area contributed by atoms with Crippen molar-refractivity contribution in [2.75, 3.05) is 20.3 Å². The van der Waals surface area contributed by atoms with Crippen LogP contribution in [0.1, 0.15) is 113 Å². The Balaban J connectivity index is 1.27. The Bertz CT molecular complexity index is 1120. The smallest absolute Gasteiger partial charge is 0.302 e. The molecule has 0 amide bonds. The van der Waals surface area contributed by atoms with Crippen LogP contribution in [0, 0.1) is 39.4 Å². The van der Waals surface area contributed by atoms with Crippen molar-refractivity contribution in [1.29, 1.82) is 0 Å². The number of esters is 1. The van der Waals surface area contributed by atoms with E-state index in [0.717, 1.165) is 38.5 Å². The molecule has 45 heavy (non-hydrogen) atoms. The fourth-order valence-electron chi connectivity index (χ4n) is 11.4. The van der Waals surface area contributed by atoms with Crippen LogP contribution in [0.3, 0.4) is 0 Å². The second-order valence-electron chi connectivity index (χ2n) is 16.5. The van der Waals surface area contributed by atoms with Crippen molar-refractivity contribution in [2.45, 2.75) is 149 Å². The maximum Gasteiger partial charge on any atom is 0.302 e. The van der Waals surface area contributed by atoms with E-state index in [0.29, 0.717) is 24.3 Å². The largest absolute Gasteiger partial charge is 0.462 e. The van der Waals surface area contributed by atoms with Gasteiger partial charge in [-0.25, -0.2) is 0 Å². The molecule has 9 nitrogen and oxygen atoms in total. The highest BCUT2D eigenvalue weighted by atomic mass is 16.7. The fraction of sp³-hybridized carbons (Fsp3) is 0.917. The summed E-state index contributed by atoms with van der Waals surface area (Å²) in [5.41, 5.74) is 4.03. The van der Waals surface area contributed by atoms with Gasteiger partial charge in [-0.1, -0.05) is 52.7 Å². The minimum atomic E-state index is -1.42. The Morgan fingerprint density at radius 2 is 1.69 bits per heavy atom. The summed E-state index contributed by atoms with van der Waals surface area (Å²) in [4.78, 5) is 17.5. The predicted molar refractivity (Wildman–Crippen MR) is 170 cm³/mol. The highest BCUT2D eigenvalue weighted by Crippen LogP contribution is 2.72. The first-order chi connectivity index (χ1) is 21.1. The molecule has 5 aliphatic rings. The van der Waals surface area contributed by atoms with Crippen LogP contribution < -0.4 is 0 Å². The third kappa shape index (κ3) is 5.64. The quantitative estimate of drug-likeness (QED) is 0.161. The topological polar surface area (TPSA) is 129 Å². The van der Waals surface area contributed by atoms with Crippen molar-refractivity contribution in [2.24, 2.45) is 39.4 Å². The van der Waals surface area contributed by atoms with Gasteiger partial charge in [0.05, 0.1) is 13.7 Å². The first-order valence-corrected chi connectivity index (χ1v) is 17.6. The molecule has 0 aromatic heterocycles. The summed E-state index contributed by atoms with van der Waals surface area (Å²) < 4.78 is 11.6. The molecule has 5 rings (SSSR count). The van der Waals surface area contributed by atoms with Gasteiger partial charge in [0.1, 0.15) is 30.5 Å². The fourth-order valence-corrected chi connectivity index (χ4v) is 11.4. The van der Waals surface area contributed by atoms with Crippen LogP contribution in [0.4, 0.5) is 0 Å². The summed E-state index contributed by atoms with van der Waals surface area (Å²) in [6.45, 7) is 16.3. The zero-order chi connectivity index (χ0) is 33.1. The van der Waals surface area contributed by atoms with E-state index in [2.05, 4.69) is 41.5 Å². The maximum atomic E-state index is 11.9. The number of rotatable bonds is 9. The normalized spacial score (nSPS) is 45.1. The second-order valence-corrected chi connectivity index (χ2v) is 16.5. The van der Waals surface area contributed by atoms with Crippen LogP contribution in [-0.4, -0.2) is 88.5 Å². The predicted octanol–water partition coefficient (Wildman–Crippen LogP) is 4.75. The molecule has 1 saturated heterocycles. The van der Waals surface area contributed by atoms with Crippen LogP contribution in [0.2, 0.25) is 0 Å². The third-order valence-corrected chi connectivity index (χ3v) is 14.2. The Morgan fingerprint density at radius 3 is 2.33 bits per heavy atom. The molecule has 3 fully saturated rings. The first-order valence-electron chi connectivity index (χ1n) is 17.6. The second kappa shape index (κ2) is 12.8. The molecular formula is C36H61NO8. The Kier molecular flexibility index (Phi) is 9.99. The SMILES string of the molecule is CON(CCC[C@@H](C)[C@H]1CC[C@@]2(C)C3=C(CC[C@]12C)[C@@]1(C)CC[C@H](OC(C)=O)C(C)(C)[C@@H]1CC3)[C@@H]1O[C@H](CO)[C@H](O)[C@H](O)[C@H]1O. The van der Waals surface area contributed by atoms with E-state index in [1.54, 1.807) is 18.1 Å². The monoisotopic (exact) mass is 635 g/mol. The van der Waals surface area contributed by atoms with Gasteiger partial charge in [0.25, 0.3) is 0 Å². The molecular weight excluding hydrogens is 574 g/mol. The molecule has 0 aromatic rings. The molecule has 4 aliphatic carbocycles. The summed E-state index contributed by atoms with van der Waals surface area (Å²) in [6.07, 6.45) is 4.92. The lowest BCUT2D eigenvalue weighted by molar-refractivity contribution is -0.328. The lowest BCUT2D eigenvalue weighted by atomic mass is 9.43. The summed E-state index contributed by atoms with van der Waals surface area (Å²) in [5, 5.41) is 42.2. The Hall–Kier alpha value is -1.07. The molecule has 1 aliphatic heterocycles. The van der Waals surface area contributed by atoms with Crippen molar-refractivity contribution in [3.8, 4) is 0 Å². The summed E-state index contributed by atoms with van der Waals surface area (Å²) in [6, 6.07) is 0. The number of fused-ring (bicyclic) bond motifs is 4. The Morgan fingerprint density at radius 1 is 0.978 bits per heavy atom. The van der Waals surface area contributed by atoms with E-state index in [1.165, 1.54) is 37.9 Å². The number of nitrogens with zero attached hydrogens (tertiary/aromatic N) is 1. The van der Waals surface area contributed by atoms with Gasteiger partial charge < -0.3 is 29.9 Å². The number of allylic oxidation sites excluding steroid dienone is 2. The lowest BCUT2D eigenvalue weighted by Gasteiger charge is -2.62. The molecule has 0 radical (unpaired) electrons. The van der Waals surface area contributed by atoms with Gasteiger partial charge in [-0.15, -0.1) is 0 Å². The summed E-state index contributed by atoms with van der Waals surface area (Å²) in [5.74, 6) is 1.47. The summed E-state index contributed by atoms with van der Waals surface area (Å²) in [7, 11) is 1.51. The first kappa shape index (κ1) is 35.2. The van der Waals surface area contributed by atoms with E-state index in [4.69, 9.17) is 14.3 Å². The van der Waals surface area contributed by atoms with Gasteiger partial charge in [-0.05, 0) is 98.2 Å². The van der Waals surface area contributed by atoms with Crippen molar-refractivity contribution in [1.82, 2.24) is 5.06 Å². The number of aliphatic hydroxyl groups is 4. The standard InChI is InChI=1S/C36H61NO8/c1-21(10-9-19-37(43-8)32-31(42)30(41)29(40)26(20-38)45-32)23-13-17-36(7)25-11-12-27-33(3,4)28(44-22(2)39)15-16-34(27,5)24(25)14-18-35(23,36)6/h21,23,26-32,38,40-42H,9-20H2,1-8H3/t21-,23-,26-,27+,28+,29+,30+,31-,32-,34-,35-,36+/m1/s1. The number of ether oxygens (including phenoxy) is 2. The van der Waals surface area contributed by atoms with Gasteiger partial charge in [0.2, 0.25) is 0 Å². The van der Waals surface area contributed by atoms with Gasteiger partial charge >= 0.3 is 5.97 Å². The van der Waals surface area contributed by atoms with Crippen molar-refractivity contribution in [3.63, 3.8) is 0 Å². The minimum absolute atomic E-state index is 0.00822. The zero-order valence-corrected chi connectivity index (χ0v) is 29.1. The third-order valence-electron chi connectivity index (χ3n) is 14.2. The highest BCUT2D eigenvalue weighted by Gasteiger charge is 2.63. The van der Waals surface area contributed by atoms with Gasteiger partial charge in [-0.2, -0.15) is 5.06 Å². The zero-order valence-electron chi connectivity index (χ0n) is 29.1. The van der Waals surface area contributed by atoms with Crippen molar-refractivity contribution >= 4 is 5.97 Å². The molecule has 0 aromatic carbocycles. The molecule has 258 valence electrons. The van der Waals surface area contributed by atoms with Crippen LogP contribution in [0.5, 0.6) is 0 Å². The number of carbonyl (C=O) groups is 1. The van der Waals surface area contributed by atoms with Gasteiger partial charge in [0, 0.05) is 18.9 Å². The van der Waals surface area contributed by atoms with Crippen LogP contribution in [0.15, 0.2) is 11.1 Å². The highest BCUT2D eigenvalue weighted by molar-refractivity contribution is 5.66. The van der Waals surface area contributed by atoms with Crippen LogP contribution in [-0.2, 0) is 19.1 Å². The average molecular weight is 636 g/mol. The summed E-state index contributed by atoms with van der Waals surface area (Å²) >= 11 is 0. The molecule has 0 spiro atoms. The number of hydroxylamine groups is 2. The van der Waals surface area contributed by atoms with E-state index < -0.39 is 37.3 Å². The van der Waals surface area contributed by atoms with Crippen LogP contribution >= 0.6 is 0 Å². The maximum absolute atomic E-state index is 11.9. The lowest BCUT2D eigenvalue weighted by Crippen LogP contribution is -2.63. The Labute approximate surface area is 270 Å². The van der Waals surface area contributed by atoms with Gasteiger partial charge in [-0.3, -0.25) is 9.63 Å². The number of aliphatic hydroxyl groups excluding tert-OH is 4. The van der Waals surface area contributed by atoms with E-state index in [9.17, 15) is 25.2 Å². The van der Waals surface area contributed by atoms with Crippen molar-refractivity contribution < 1.29 is 39.5 Å². The average Bonchev–Trinajstić information content (AvgIpc) is 3.27. The molecule has 2 saturated carbocycles. The number of carbonyl (C=O) groups excluding carboxylic acids is 1. The molecule has 9 heteroatoms. The van der Waals surface area contributed by atoms with E-state index in [-0.39, 0.29) is 33.7 Å². The molecule has 12 atom stereocenters. The van der Waals surface area contributed by atoms with E-state index in [1.807, 2.05) is 0 Å². The molecule has 4 N–H and O–H groups in total. The van der Waals surface area contributed by atoms with Crippen LogP contribution in [0.25, 0.3) is 0 Å². The van der Waals surface area contributed by atoms with E-state index >= 15 is 0 Å².